The van der Waals surface area contributed by atoms with Crippen molar-refractivity contribution in [3.05, 3.63) is 24.3 Å². The van der Waals surface area contributed by atoms with E-state index in [-0.39, 0.29) is 30.4 Å². The maximum atomic E-state index is 11.4. The summed E-state index contributed by atoms with van der Waals surface area (Å²) in [6.45, 7) is 17.7. The molecule has 0 saturated carbocycles. The Kier molecular flexibility index (Phi) is 18.3. The van der Waals surface area contributed by atoms with E-state index in [0.29, 0.717) is 85.9 Å². The van der Waals surface area contributed by atoms with Gasteiger partial charge in [0.25, 0.3) is 11.8 Å². The topological polar surface area (TPSA) is 102 Å². The van der Waals surface area contributed by atoms with Gasteiger partial charge < -0.3 is 33.2 Å². The fourth-order valence-electron chi connectivity index (χ4n) is 2.80. The van der Waals surface area contributed by atoms with Crippen LogP contribution in [0.3, 0.4) is 0 Å². The highest BCUT2D eigenvalue weighted by molar-refractivity contribution is 6.12. The summed E-state index contributed by atoms with van der Waals surface area (Å²) < 4.78 is 38.1. The van der Waals surface area contributed by atoms with E-state index in [1.807, 2.05) is 0 Å². The molecular weight excluding hydrogens is 470 g/mol. The van der Waals surface area contributed by atoms with Crippen molar-refractivity contribution in [2.45, 2.75) is 27.2 Å². The number of carbonyl (C=O) groups excluding carboxylic acids is 2. The molecule has 1 aliphatic rings. The lowest BCUT2D eigenvalue weighted by Crippen LogP contribution is -2.33. The van der Waals surface area contributed by atoms with Gasteiger partial charge >= 0.3 is 0 Å². The summed E-state index contributed by atoms with van der Waals surface area (Å²) in [6, 6.07) is 0. The average molecular weight is 516 g/mol. The van der Waals surface area contributed by atoms with Gasteiger partial charge in [-0.2, -0.15) is 0 Å². The Morgan fingerprint density at radius 2 is 0.917 bits per heavy atom. The molecule has 0 bridgehead atoms. The molecule has 0 unspecified atom stereocenters. The summed E-state index contributed by atoms with van der Waals surface area (Å²) in [5.74, 6) is -0.601. The van der Waals surface area contributed by atoms with Crippen molar-refractivity contribution < 1.29 is 42.7 Å². The molecule has 36 heavy (non-hydrogen) atoms. The zero-order valence-electron chi connectivity index (χ0n) is 22.3. The Morgan fingerprint density at radius 3 is 1.25 bits per heavy atom. The number of amides is 2. The second-order valence-electron chi connectivity index (χ2n) is 9.05. The maximum Gasteiger partial charge on any atom is 0.253 e. The van der Waals surface area contributed by atoms with Crippen molar-refractivity contribution in [2.24, 2.45) is 5.41 Å². The molecule has 1 rings (SSSR count). The normalized spacial score (nSPS) is 13.8. The monoisotopic (exact) mass is 515 g/mol. The molecular formula is C26H45NO9. The molecule has 2 amide bonds. The molecule has 0 aliphatic carbocycles. The van der Waals surface area contributed by atoms with E-state index in [2.05, 4.69) is 27.4 Å². The van der Waals surface area contributed by atoms with Gasteiger partial charge in [-0.05, 0) is 11.8 Å². The second kappa shape index (κ2) is 20.4. The van der Waals surface area contributed by atoms with Crippen LogP contribution in [0.5, 0.6) is 0 Å². The minimum atomic E-state index is -0.301. The molecule has 0 saturated heterocycles. The van der Waals surface area contributed by atoms with Crippen LogP contribution in [-0.4, -0.2) is 116 Å². The lowest BCUT2D eigenvalue weighted by atomic mass is 9.86. The van der Waals surface area contributed by atoms with Gasteiger partial charge in [0, 0.05) is 12.2 Å². The third-order valence-electron chi connectivity index (χ3n) is 5.20. The maximum absolute atomic E-state index is 11.4. The quantitative estimate of drug-likeness (QED) is 0.109. The number of ether oxygens (including phenoxy) is 7. The SMILES string of the molecule is C=C(CCOCCOCCOCCOCCOCCOCCOCCN1C(=O)C=CC1=O)C(C)(C)C. The number of imide groups is 1. The Hall–Kier alpha value is -1.66. The smallest absolute Gasteiger partial charge is 0.253 e. The summed E-state index contributed by atoms with van der Waals surface area (Å²) in [6.07, 6.45) is 3.39. The Bertz CT molecular complexity index is 628. The van der Waals surface area contributed by atoms with Crippen LogP contribution in [0.1, 0.15) is 27.2 Å². The van der Waals surface area contributed by atoms with Gasteiger partial charge in [0.15, 0.2) is 0 Å². The summed E-state index contributed by atoms with van der Waals surface area (Å²) in [4.78, 5) is 23.9. The summed E-state index contributed by atoms with van der Waals surface area (Å²) in [5, 5.41) is 0. The molecule has 10 heteroatoms. The van der Waals surface area contributed by atoms with Crippen LogP contribution >= 0.6 is 0 Å². The highest BCUT2D eigenvalue weighted by atomic mass is 16.6. The van der Waals surface area contributed by atoms with Gasteiger partial charge in [-0.15, -0.1) is 0 Å². The first-order chi connectivity index (χ1) is 17.3. The van der Waals surface area contributed by atoms with Crippen molar-refractivity contribution in [3.63, 3.8) is 0 Å². The van der Waals surface area contributed by atoms with E-state index >= 15 is 0 Å². The first-order valence-corrected chi connectivity index (χ1v) is 12.6. The first kappa shape index (κ1) is 32.4. The Labute approximate surface area is 215 Å². The van der Waals surface area contributed by atoms with Crippen LogP contribution in [0, 0.1) is 5.41 Å². The molecule has 208 valence electrons. The fraction of sp³-hybridized carbons (Fsp3) is 0.769. The van der Waals surface area contributed by atoms with Gasteiger partial charge in [-0.3, -0.25) is 14.5 Å². The standard InChI is InChI=1S/C26H45NO9/c1-23(26(2,3)4)7-9-30-11-13-32-15-17-34-19-21-36-22-20-35-18-16-33-14-12-31-10-8-27-24(28)5-6-25(27)29/h5-6H,1,7-22H2,2-4H3. The van der Waals surface area contributed by atoms with Crippen molar-refractivity contribution >= 4 is 11.8 Å². The summed E-state index contributed by atoms with van der Waals surface area (Å²) in [7, 11) is 0. The predicted molar refractivity (Wildman–Crippen MR) is 135 cm³/mol. The second-order valence-corrected chi connectivity index (χ2v) is 9.05. The van der Waals surface area contributed by atoms with Gasteiger partial charge in [0.1, 0.15) is 0 Å². The van der Waals surface area contributed by atoms with Crippen molar-refractivity contribution in [3.8, 4) is 0 Å². The van der Waals surface area contributed by atoms with Crippen molar-refractivity contribution in [2.75, 3.05) is 99.0 Å². The van der Waals surface area contributed by atoms with Crippen LogP contribution in [-0.2, 0) is 42.7 Å². The van der Waals surface area contributed by atoms with E-state index in [9.17, 15) is 9.59 Å². The van der Waals surface area contributed by atoms with Crippen LogP contribution in [0.2, 0.25) is 0 Å². The molecule has 0 fully saturated rings. The van der Waals surface area contributed by atoms with Gasteiger partial charge in [0.05, 0.1) is 99.0 Å². The number of hydrogen-bond acceptors (Lipinski definition) is 9. The van der Waals surface area contributed by atoms with Crippen LogP contribution in [0.25, 0.3) is 0 Å². The van der Waals surface area contributed by atoms with E-state index in [4.69, 9.17) is 33.2 Å². The number of nitrogens with zero attached hydrogens (tertiary/aromatic N) is 1. The van der Waals surface area contributed by atoms with Crippen molar-refractivity contribution in [1.82, 2.24) is 4.90 Å². The van der Waals surface area contributed by atoms with E-state index in [1.165, 1.54) is 17.7 Å². The average Bonchev–Trinajstić information content (AvgIpc) is 3.15. The predicted octanol–water partition coefficient (Wildman–Crippen LogP) is 2.02. The van der Waals surface area contributed by atoms with E-state index in [0.717, 1.165) is 11.3 Å². The largest absolute Gasteiger partial charge is 0.379 e. The first-order valence-electron chi connectivity index (χ1n) is 12.6. The molecule has 0 aromatic heterocycles. The molecule has 1 heterocycles. The lowest BCUT2D eigenvalue weighted by molar-refractivity contribution is -0.137. The zero-order chi connectivity index (χ0) is 26.5. The van der Waals surface area contributed by atoms with Gasteiger partial charge in [-0.25, -0.2) is 0 Å². The minimum Gasteiger partial charge on any atom is -0.379 e. The third kappa shape index (κ3) is 16.9. The van der Waals surface area contributed by atoms with Crippen LogP contribution in [0.4, 0.5) is 0 Å². The Balaban J connectivity index is 1.69. The molecule has 1 aliphatic heterocycles. The molecule has 0 N–H and O–H groups in total. The third-order valence-corrected chi connectivity index (χ3v) is 5.20. The summed E-state index contributed by atoms with van der Waals surface area (Å²) >= 11 is 0. The molecule has 0 aromatic carbocycles. The number of carbonyl (C=O) groups is 2. The van der Waals surface area contributed by atoms with Gasteiger partial charge in [0.2, 0.25) is 0 Å². The molecule has 10 nitrogen and oxygen atoms in total. The highest BCUT2D eigenvalue weighted by Crippen LogP contribution is 2.25. The van der Waals surface area contributed by atoms with E-state index in [1.54, 1.807) is 0 Å². The van der Waals surface area contributed by atoms with Crippen molar-refractivity contribution in [1.29, 1.82) is 0 Å². The molecule has 0 spiro atoms. The van der Waals surface area contributed by atoms with Gasteiger partial charge in [-0.1, -0.05) is 32.9 Å². The fourth-order valence-corrected chi connectivity index (χ4v) is 2.80. The molecule has 0 radical (unpaired) electrons. The number of hydrogen-bond donors (Lipinski definition) is 0. The van der Waals surface area contributed by atoms with Crippen LogP contribution in [0.15, 0.2) is 24.3 Å². The lowest BCUT2D eigenvalue weighted by Gasteiger charge is -2.21. The van der Waals surface area contributed by atoms with Crippen LogP contribution < -0.4 is 0 Å². The van der Waals surface area contributed by atoms with E-state index < -0.39 is 0 Å². The highest BCUT2D eigenvalue weighted by Gasteiger charge is 2.22. The zero-order valence-corrected chi connectivity index (χ0v) is 22.3. The Morgan fingerprint density at radius 1 is 0.611 bits per heavy atom. The molecule has 0 atom stereocenters. The molecule has 0 aromatic rings. The number of rotatable bonds is 24. The summed E-state index contributed by atoms with van der Waals surface area (Å²) in [5.41, 5.74) is 1.32. The minimum absolute atomic E-state index is 0.127.